The lowest BCUT2D eigenvalue weighted by atomic mass is 9.95. The summed E-state index contributed by atoms with van der Waals surface area (Å²) in [7, 11) is 0. The van der Waals surface area contributed by atoms with Gasteiger partial charge in [0, 0.05) is 38.4 Å². The Morgan fingerprint density at radius 3 is 1.98 bits per heavy atom. The molecule has 6 heteroatoms. The molecular formula is C46H26N4O2. The van der Waals surface area contributed by atoms with Crippen LogP contribution < -0.4 is 0 Å². The highest BCUT2D eigenvalue weighted by Crippen LogP contribution is 2.45. The topological polar surface area (TPSA) is 77.8 Å². The SMILES string of the molecule is c1ccc(-c2nc(-c3ccc4ccccc4c3)nc(-c3ccc(-c4cccc5oc6ccccc6c45)c4oc5cc6ccccc6nc5c34)n2)cc1. The Hall–Kier alpha value is -7.18. The van der Waals surface area contributed by atoms with Gasteiger partial charge in [-0.3, -0.25) is 0 Å². The lowest BCUT2D eigenvalue weighted by molar-refractivity contribution is 0.668. The van der Waals surface area contributed by atoms with E-state index in [9.17, 15) is 0 Å². The molecule has 4 heterocycles. The minimum atomic E-state index is 0.540. The molecule has 0 aliphatic heterocycles. The zero-order chi connectivity index (χ0) is 34.2. The molecule has 11 aromatic rings. The van der Waals surface area contributed by atoms with Crippen molar-refractivity contribution in [3.8, 4) is 45.3 Å². The van der Waals surface area contributed by atoms with Crippen LogP contribution in [0.4, 0.5) is 0 Å². The van der Waals surface area contributed by atoms with Crippen LogP contribution in [0, 0.1) is 0 Å². The molecule has 0 saturated heterocycles. The number of nitrogens with zero attached hydrogens (tertiary/aromatic N) is 4. The van der Waals surface area contributed by atoms with Crippen molar-refractivity contribution in [3.05, 3.63) is 158 Å². The zero-order valence-electron chi connectivity index (χ0n) is 27.6. The molecule has 0 atom stereocenters. The summed E-state index contributed by atoms with van der Waals surface area (Å²) in [4.78, 5) is 20.6. The average Bonchev–Trinajstić information content (AvgIpc) is 3.78. The molecule has 4 aromatic heterocycles. The summed E-state index contributed by atoms with van der Waals surface area (Å²) < 4.78 is 13.2. The second-order valence-electron chi connectivity index (χ2n) is 13.0. The van der Waals surface area contributed by atoms with Crippen LogP contribution in [0.2, 0.25) is 0 Å². The van der Waals surface area contributed by atoms with E-state index < -0.39 is 0 Å². The smallest absolute Gasteiger partial charge is 0.164 e. The van der Waals surface area contributed by atoms with Gasteiger partial charge in [-0.15, -0.1) is 0 Å². The molecule has 0 saturated carbocycles. The molecule has 242 valence electrons. The lowest BCUT2D eigenvalue weighted by Crippen LogP contribution is -2.00. The van der Waals surface area contributed by atoms with Gasteiger partial charge in [0.05, 0.1) is 10.9 Å². The predicted molar refractivity (Wildman–Crippen MR) is 209 cm³/mol. The predicted octanol–water partition coefficient (Wildman–Crippen LogP) is 12.0. The van der Waals surface area contributed by atoms with E-state index in [0.717, 1.165) is 82.3 Å². The highest BCUT2D eigenvalue weighted by atomic mass is 16.3. The third kappa shape index (κ3) is 4.44. The number of aromatic nitrogens is 4. The van der Waals surface area contributed by atoms with Crippen molar-refractivity contribution in [2.24, 2.45) is 0 Å². The number of fused-ring (bicyclic) bond motifs is 8. The number of furan rings is 2. The van der Waals surface area contributed by atoms with Crippen LogP contribution in [0.5, 0.6) is 0 Å². The van der Waals surface area contributed by atoms with Crippen molar-refractivity contribution in [3.63, 3.8) is 0 Å². The van der Waals surface area contributed by atoms with Gasteiger partial charge in [-0.2, -0.15) is 0 Å². The van der Waals surface area contributed by atoms with E-state index in [2.05, 4.69) is 66.7 Å². The van der Waals surface area contributed by atoms with Crippen molar-refractivity contribution in [2.45, 2.75) is 0 Å². The summed E-state index contributed by atoms with van der Waals surface area (Å²) in [6.07, 6.45) is 0. The monoisotopic (exact) mass is 666 g/mol. The molecule has 0 unspecified atom stereocenters. The molecule has 0 amide bonds. The minimum Gasteiger partial charge on any atom is -0.456 e. The fourth-order valence-corrected chi connectivity index (χ4v) is 7.45. The van der Waals surface area contributed by atoms with Crippen molar-refractivity contribution in [2.75, 3.05) is 0 Å². The van der Waals surface area contributed by atoms with Crippen molar-refractivity contribution in [1.82, 2.24) is 19.9 Å². The largest absolute Gasteiger partial charge is 0.456 e. The molecule has 0 aliphatic rings. The second kappa shape index (κ2) is 11.2. The van der Waals surface area contributed by atoms with Gasteiger partial charge in [-0.1, -0.05) is 115 Å². The summed E-state index contributed by atoms with van der Waals surface area (Å²) in [5, 5.41) is 6.21. The summed E-state index contributed by atoms with van der Waals surface area (Å²) in [6.45, 7) is 0. The van der Waals surface area contributed by atoms with Crippen LogP contribution in [-0.2, 0) is 0 Å². The van der Waals surface area contributed by atoms with Gasteiger partial charge in [0.2, 0.25) is 0 Å². The Kier molecular flexibility index (Phi) is 6.15. The first-order chi connectivity index (χ1) is 25.7. The quantitative estimate of drug-likeness (QED) is 0.186. The maximum atomic E-state index is 6.86. The number of rotatable bonds is 4. The van der Waals surface area contributed by atoms with E-state index in [4.69, 9.17) is 28.8 Å². The van der Waals surface area contributed by atoms with E-state index >= 15 is 0 Å². The first-order valence-electron chi connectivity index (χ1n) is 17.2. The number of para-hydroxylation sites is 2. The minimum absolute atomic E-state index is 0.540. The van der Waals surface area contributed by atoms with Gasteiger partial charge in [0.15, 0.2) is 23.1 Å². The van der Waals surface area contributed by atoms with E-state index in [0.29, 0.717) is 28.6 Å². The summed E-state index contributed by atoms with van der Waals surface area (Å²) >= 11 is 0. The third-order valence-electron chi connectivity index (χ3n) is 9.90. The Bertz CT molecular complexity index is 3200. The number of benzene rings is 7. The van der Waals surface area contributed by atoms with Gasteiger partial charge in [-0.05, 0) is 58.8 Å². The fourth-order valence-electron chi connectivity index (χ4n) is 7.45. The molecule has 0 spiro atoms. The first kappa shape index (κ1) is 28.6. The average molecular weight is 667 g/mol. The van der Waals surface area contributed by atoms with Crippen LogP contribution >= 0.6 is 0 Å². The van der Waals surface area contributed by atoms with Gasteiger partial charge < -0.3 is 8.83 Å². The number of hydrogen-bond donors (Lipinski definition) is 0. The molecule has 6 nitrogen and oxygen atoms in total. The normalized spacial score (nSPS) is 11.8. The molecule has 52 heavy (non-hydrogen) atoms. The second-order valence-corrected chi connectivity index (χ2v) is 13.0. The van der Waals surface area contributed by atoms with Crippen LogP contribution in [0.15, 0.2) is 167 Å². The van der Waals surface area contributed by atoms with Gasteiger partial charge in [0.25, 0.3) is 0 Å². The Morgan fingerprint density at radius 1 is 0.365 bits per heavy atom. The molecule has 0 fully saturated rings. The number of pyridine rings is 1. The molecular weight excluding hydrogens is 641 g/mol. The number of hydrogen-bond acceptors (Lipinski definition) is 6. The van der Waals surface area contributed by atoms with Gasteiger partial charge in [0.1, 0.15) is 22.3 Å². The van der Waals surface area contributed by atoms with Crippen LogP contribution in [0.1, 0.15) is 0 Å². The van der Waals surface area contributed by atoms with Gasteiger partial charge >= 0.3 is 0 Å². The van der Waals surface area contributed by atoms with E-state index in [1.165, 1.54) is 0 Å². The molecule has 7 aromatic carbocycles. The molecule has 0 bridgehead atoms. The van der Waals surface area contributed by atoms with E-state index in [-0.39, 0.29) is 0 Å². The summed E-state index contributed by atoms with van der Waals surface area (Å²) in [5.41, 5.74) is 9.28. The van der Waals surface area contributed by atoms with Crippen LogP contribution in [0.25, 0.3) is 111 Å². The maximum Gasteiger partial charge on any atom is 0.164 e. The Morgan fingerprint density at radius 2 is 1.08 bits per heavy atom. The van der Waals surface area contributed by atoms with Crippen molar-refractivity contribution in [1.29, 1.82) is 0 Å². The third-order valence-corrected chi connectivity index (χ3v) is 9.90. The van der Waals surface area contributed by atoms with E-state index in [1.54, 1.807) is 0 Å². The van der Waals surface area contributed by atoms with E-state index in [1.807, 2.05) is 91.0 Å². The Balaban J connectivity index is 1.23. The Labute approximate surface area is 296 Å². The highest BCUT2D eigenvalue weighted by Gasteiger charge is 2.24. The molecule has 0 N–H and O–H groups in total. The summed E-state index contributed by atoms with van der Waals surface area (Å²) in [6, 6.07) is 53.4. The van der Waals surface area contributed by atoms with Crippen molar-refractivity contribution >= 4 is 65.7 Å². The lowest BCUT2D eigenvalue weighted by Gasteiger charge is -2.11. The summed E-state index contributed by atoms with van der Waals surface area (Å²) in [5.74, 6) is 1.72. The highest BCUT2D eigenvalue weighted by molar-refractivity contribution is 6.20. The fraction of sp³-hybridized carbons (Fsp3) is 0. The zero-order valence-corrected chi connectivity index (χ0v) is 27.6. The first-order valence-corrected chi connectivity index (χ1v) is 17.2. The van der Waals surface area contributed by atoms with Gasteiger partial charge in [-0.25, -0.2) is 19.9 Å². The standard InChI is InChI=1S/C46H26N4O2/c1-2-12-28(13-3-1)44-48-45(31-22-21-27-11-4-5-14-29(27)25-31)50-46(49-44)35-24-23-33(32-17-10-20-38-40(32)34-16-7-9-19-37(34)51-38)43-41(35)42-39(52-43)26-30-15-6-8-18-36(30)47-42/h1-26H. The molecule has 0 radical (unpaired) electrons. The van der Waals surface area contributed by atoms with Crippen molar-refractivity contribution < 1.29 is 8.83 Å². The maximum absolute atomic E-state index is 6.86. The van der Waals surface area contributed by atoms with Crippen LogP contribution in [-0.4, -0.2) is 19.9 Å². The molecule has 11 rings (SSSR count). The molecule has 0 aliphatic carbocycles. The van der Waals surface area contributed by atoms with Crippen LogP contribution in [0.3, 0.4) is 0 Å².